The van der Waals surface area contributed by atoms with Gasteiger partial charge in [0.15, 0.2) is 0 Å². The lowest BCUT2D eigenvalue weighted by molar-refractivity contribution is -0.139. The number of hydrogen-bond acceptors (Lipinski definition) is 12. The number of benzene rings is 2. The number of nitrogens with two attached hydrogens (primary N) is 4. The van der Waals surface area contributed by atoms with Gasteiger partial charge in [0.05, 0.1) is 0 Å². The van der Waals surface area contributed by atoms with Gasteiger partial charge in [-0.3, -0.25) is 19.2 Å². The van der Waals surface area contributed by atoms with Crippen molar-refractivity contribution in [3.8, 4) is 11.5 Å². The van der Waals surface area contributed by atoms with E-state index in [1.165, 1.54) is 24.3 Å². The molecule has 0 heterocycles. The molecule has 0 saturated carbocycles. The number of aliphatic carboxylic acids is 4. The summed E-state index contributed by atoms with van der Waals surface area (Å²) in [6, 6.07) is 9.48. The fourth-order valence-corrected chi connectivity index (χ4v) is 3.66. The summed E-state index contributed by atoms with van der Waals surface area (Å²) in [4.78, 5) is 40.9. The Kier molecular flexibility index (Phi) is 24.1. The molecule has 0 saturated heterocycles. The second-order valence-corrected chi connectivity index (χ2v) is 11.1. The van der Waals surface area contributed by atoms with Gasteiger partial charge < -0.3 is 53.6 Å². The largest absolute Gasteiger partial charge is 0.508 e. The van der Waals surface area contributed by atoms with Gasteiger partial charge in [-0.1, -0.05) is 24.3 Å². The average Bonchev–Trinajstić information content (AvgIpc) is 2.97. The van der Waals surface area contributed by atoms with Crippen molar-refractivity contribution >= 4 is 47.4 Å². The molecule has 4 unspecified atom stereocenters. The van der Waals surface area contributed by atoms with E-state index in [1.807, 2.05) is 12.5 Å². The highest BCUT2D eigenvalue weighted by Crippen LogP contribution is 2.11. The lowest BCUT2D eigenvalue weighted by atomic mass is 10.1. The highest BCUT2D eigenvalue weighted by atomic mass is 32.2. The Labute approximate surface area is 264 Å². The van der Waals surface area contributed by atoms with E-state index in [1.54, 1.807) is 47.8 Å². The van der Waals surface area contributed by atoms with Crippen LogP contribution in [0.5, 0.6) is 11.5 Å². The first-order valence-corrected chi connectivity index (χ1v) is 15.8. The van der Waals surface area contributed by atoms with Gasteiger partial charge in [0.1, 0.15) is 35.7 Å². The van der Waals surface area contributed by atoms with E-state index < -0.39 is 48.0 Å². The molecule has 0 spiro atoms. The Morgan fingerprint density at radius 3 is 1.00 bits per heavy atom. The third-order valence-corrected chi connectivity index (χ3v) is 6.61. The van der Waals surface area contributed by atoms with Gasteiger partial charge in [-0.05, 0) is 85.1 Å². The maximum atomic E-state index is 10.4. The minimum Gasteiger partial charge on any atom is -0.508 e. The van der Waals surface area contributed by atoms with Gasteiger partial charge in [0.2, 0.25) is 0 Å². The Hall–Kier alpha value is -3.54. The van der Waals surface area contributed by atoms with Gasteiger partial charge in [-0.15, -0.1) is 0 Å². The van der Waals surface area contributed by atoms with E-state index in [0.717, 1.165) is 22.6 Å². The molecule has 16 heteroatoms. The van der Waals surface area contributed by atoms with Gasteiger partial charge >= 0.3 is 23.9 Å². The van der Waals surface area contributed by atoms with Crippen LogP contribution in [0.25, 0.3) is 0 Å². The fraction of sp³-hybridized carbons (Fsp3) is 0.429. The first-order valence-electron chi connectivity index (χ1n) is 13.0. The molecule has 248 valence electrons. The predicted octanol–water partition coefficient (Wildman–Crippen LogP) is 0.996. The van der Waals surface area contributed by atoms with Crippen LogP contribution in [0.15, 0.2) is 48.5 Å². The normalized spacial score (nSPS) is 12.7. The average molecular weight is 661 g/mol. The van der Waals surface area contributed by atoms with Gasteiger partial charge in [0, 0.05) is 0 Å². The Morgan fingerprint density at radius 2 is 0.795 bits per heavy atom. The molecular weight excluding hydrogens is 616 g/mol. The Balaban J connectivity index is 0. The molecule has 14 nitrogen and oxygen atoms in total. The number of carboxylic acid groups (broad SMARTS) is 4. The van der Waals surface area contributed by atoms with Crippen molar-refractivity contribution in [3.05, 3.63) is 59.7 Å². The van der Waals surface area contributed by atoms with Gasteiger partial charge in [-0.25, -0.2) is 0 Å². The standard InChI is InChI=1S/2C9H11NO3.2C5H11NO2S/c2*10-8(9(12)13)5-6-1-3-7(11)4-2-6;2*1-9-3-2-4(6)5(7)8/h2*1-4,8,11H,5,10H2,(H,12,13);2*4H,2-3,6H2,1H3,(H,7,8). The molecule has 2 rings (SSSR count). The number of phenols is 2. The summed E-state index contributed by atoms with van der Waals surface area (Å²) in [5.74, 6) is -1.92. The number of aromatic hydroxyl groups is 2. The topological polar surface area (TPSA) is 294 Å². The zero-order chi connectivity index (χ0) is 34.2. The van der Waals surface area contributed by atoms with Crippen LogP contribution in [0, 0.1) is 0 Å². The van der Waals surface area contributed by atoms with E-state index >= 15 is 0 Å². The number of carboxylic acids is 4. The van der Waals surface area contributed by atoms with Crippen LogP contribution in [0.2, 0.25) is 0 Å². The molecule has 0 aliphatic rings. The predicted molar refractivity (Wildman–Crippen MR) is 172 cm³/mol. The van der Waals surface area contributed by atoms with Crippen LogP contribution >= 0.6 is 23.5 Å². The molecule has 0 radical (unpaired) electrons. The summed E-state index contributed by atoms with van der Waals surface area (Å²) in [7, 11) is 0. The summed E-state index contributed by atoms with van der Waals surface area (Å²) in [5, 5.41) is 51.5. The SMILES string of the molecule is CSCCC(N)C(=O)O.CSCCC(N)C(=O)O.NC(Cc1ccc(O)cc1)C(=O)O.NC(Cc1ccc(O)cc1)C(=O)O. The van der Waals surface area contributed by atoms with Gasteiger partial charge in [0.25, 0.3) is 0 Å². The lowest BCUT2D eigenvalue weighted by Crippen LogP contribution is -2.32. The van der Waals surface area contributed by atoms with Crippen LogP contribution in [-0.2, 0) is 32.0 Å². The third kappa shape index (κ3) is 23.0. The third-order valence-electron chi connectivity index (χ3n) is 5.32. The number of thioether (sulfide) groups is 2. The van der Waals surface area contributed by atoms with Crippen LogP contribution in [0.1, 0.15) is 24.0 Å². The first kappa shape index (κ1) is 42.6. The monoisotopic (exact) mass is 660 g/mol. The molecule has 14 N–H and O–H groups in total. The number of phenolic OH excluding ortho intramolecular Hbond substituents is 2. The second-order valence-electron chi connectivity index (χ2n) is 9.08. The van der Waals surface area contributed by atoms with E-state index in [2.05, 4.69) is 0 Å². The van der Waals surface area contributed by atoms with Crippen molar-refractivity contribution in [2.75, 3.05) is 24.0 Å². The molecule has 0 fully saturated rings. The van der Waals surface area contributed by atoms with Gasteiger partial charge in [-0.2, -0.15) is 23.5 Å². The molecule has 0 aliphatic carbocycles. The molecule has 2 aromatic rings. The minimum atomic E-state index is -1.02. The van der Waals surface area contributed by atoms with E-state index in [4.69, 9.17) is 53.6 Å². The number of rotatable bonds is 14. The van der Waals surface area contributed by atoms with E-state index in [-0.39, 0.29) is 24.3 Å². The van der Waals surface area contributed by atoms with Crippen molar-refractivity contribution in [1.82, 2.24) is 0 Å². The smallest absolute Gasteiger partial charge is 0.320 e. The van der Waals surface area contributed by atoms with E-state index in [9.17, 15) is 19.2 Å². The molecular formula is C28H44N4O10S2. The quantitative estimate of drug-likeness (QED) is 0.135. The van der Waals surface area contributed by atoms with Crippen molar-refractivity contribution in [2.45, 2.75) is 49.9 Å². The van der Waals surface area contributed by atoms with Crippen molar-refractivity contribution in [2.24, 2.45) is 22.9 Å². The van der Waals surface area contributed by atoms with Crippen LogP contribution in [0.4, 0.5) is 0 Å². The molecule has 0 aromatic heterocycles. The summed E-state index contributed by atoms with van der Waals surface area (Å²) in [6.45, 7) is 0. The second kappa shape index (κ2) is 24.9. The number of carbonyl (C=O) groups is 4. The zero-order valence-corrected chi connectivity index (χ0v) is 26.2. The van der Waals surface area contributed by atoms with Crippen molar-refractivity contribution < 1.29 is 49.8 Å². The van der Waals surface area contributed by atoms with Crippen LogP contribution < -0.4 is 22.9 Å². The highest BCUT2D eigenvalue weighted by molar-refractivity contribution is 7.98. The minimum absolute atomic E-state index is 0.160. The van der Waals surface area contributed by atoms with Crippen molar-refractivity contribution in [1.29, 1.82) is 0 Å². The molecule has 0 amide bonds. The molecule has 2 aromatic carbocycles. The maximum absolute atomic E-state index is 10.4. The first-order chi connectivity index (χ1) is 20.5. The summed E-state index contributed by atoms with van der Waals surface area (Å²) in [5.41, 5.74) is 22.6. The highest BCUT2D eigenvalue weighted by Gasteiger charge is 2.12. The van der Waals surface area contributed by atoms with E-state index in [0.29, 0.717) is 12.8 Å². The Bertz CT molecular complexity index is 1020. The van der Waals surface area contributed by atoms with Crippen molar-refractivity contribution in [3.63, 3.8) is 0 Å². The molecule has 0 bridgehead atoms. The summed E-state index contributed by atoms with van der Waals surface area (Å²) in [6.07, 6.45) is 5.50. The lowest BCUT2D eigenvalue weighted by Gasteiger charge is -2.05. The fourth-order valence-electron chi connectivity index (χ4n) is 2.68. The number of hydrogen-bond donors (Lipinski definition) is 10. The van der Waals surface area contributed by atoms with Crippen LogP contribution in [-0.4, -0.2) is 103 Å². The summed E-state index contributed by atoms with van der Waals surface area (Å²) >= 11 is 3.21. The Morgan fingerprint density at radius 1 is 0.545 bits per heavy atom. The summed E-state index contributed by atoms with van der Waals surface area (Å²) < 4.78 is 0. The van der Waals surface area contributed by atoms with Crippen LogP contribution in [0.3, 0.4) is 0 Å². The molecule has 44 heavy (non-hydrogen) atoms. The molecule has 0 aliphatic heterocycles. The molecule has 4 atom stereocenters. The maximum Gasteiger partial charge on any atom is 0.320 e. The zero-order valence-electron chi connectivity index (χ0n) is 24.6.